The molecular formula is C18H20BrN5O2S2. The standard InChI is InChI=1S/C18H19N5O2S2.BrH/c1-4-15(25)23-18-19-10(2)16(27-18)14-9-26-17(22-14)21-13-7-5-12(6-8-13)20-11(3)24;/h5-9H,4H2,1-3H3,(H,20,24)(H,21,22)(H,19,23,25);1H. The van der Waals surface area contributed by atoms with E-state index in [9.17, 15) is 9.59 Å². The molecule has 0 atom stereocenters. The van der Waals surface area contributed by atoms with Crippen LogP contribution in [0.3, 0.4) is 0 Å². The molecule has 0 unspecified atom stereocenters. The van der Waals surface area contributed by atoms with Crippen molar-refractivity contribution in [2.75, 3.05) is 16.0 Å². The zero-order valence-electron chi connectivity index (χ0n) is 15.5. The third-order valence-electron chi connectivity index (χ3n) is 3.56. The van der Waals surface area contributed by atoms with Gasteiger partial charge in [0.1, 0.15) is 0 Å². The average molecular weight is 482 g/mol. The summed E-state index contributed by atoms with van der Waals surface area (Å²) in [7, 11) is 0. The monoisotopic (exact) mass is 481 g/mol. The van der Waals surface area contributed by atoms with Gasteiger partial charge in [-0.3, -0.25) is 9.59 Å². The number of benzene rings is 1. The summed E-state index contributed by atoms with van der Waals surface area (Å²) in [6, 6.07) is 7.41. The summed E-state index contributed by atoms with van der Waals surface area (Å²) in [4.78, 5) is 32.6. The Hall–Kier alpha value is -2.30. The largest absolute Gasteiger partial charge is 0.332 e. The highest BCUT2D eigenvalue weighted by Gasteiger charge is 2.14. The molecule has 2 amide bonds. The van der Waals surface area contributed by atoms with Crippen LogP contribution >= 0.6 is 39.7 Å². The normalized spacial score (nSPS) is 10.1. The van der Waals surface area contributed by atoms with Crippen molar-refractivity contribution >= 4 is 73.1 Å². The van der Waals surface area contributed by atoms with Gasteiger partial charge in [-0.05, 0) is 31.2 Å². The molecule has 2 heterocycles. The number of carbonyl (C=O) groups is 2. The van der Waals surface area contributed by atoms with Gasteiger partial charge in [0, 0.05) is 30.1 Å². The van der Waals surface area contributed by atoms with Gasteiger partial charge in [0.05, 0.1) is 16.3 Å². The molecule has 0 aliphatic heterocycles. The predicted molar refractivity (Wildman–Crippen MR) is 121 cm³/mol. The van der Waals surface area contributed by atoms with Crippen molar-refractivity contribution in [3.63, 3.8) is 0 Å². The first-order chi connectivity index (χ1) is 12.9. The molecule has 148 valence electrons. The lowest BCUT2D eigenvalue weighted by atomic mass is 10.3. The lowest BCUT2D eigenvalue weighted by Gasteiger charge is -2.05. The van der Waals surface area contributed by atoms with Gasteiger partial charge in [-0.1, -0.05) is 18.3 Å². The molecular weight excluding hydrogens is 462 g/mol. The fourth-order valence-electron chi connectivity index (χ4n) is 2.29. The van der Waals surface area contributed by atoms with Gasteiger partial charge < -0.3 is 16.0 Å². The molecule has 28 heavy (non-hydrogen) atoms. The second-order valence-electron chi connectivity index (χ2n) is 5.76. The topological polar surface area (TPSA) is 96.0 Å². The lowest BCUT2D eigenvalue weighted by Crippen LogP contribution is -2.08. The Bertz CT molecular complexity index is 969. The molecule has 0 saturated carbocycles. The quantitative estimate of drug-likeness (QED) is 0.449. The number of anilines is 4. The Balaban J connectivity index is 0.00000280. The van der Waals surface area contributed by atoms with Crippen LogP contribution in [-0.2, 0) is 9.59 Å². The molecule has 3 N–H and O–H groups in total. The molecule has 3 aromatic rings. The minimum absolute atomic E-state index is 0. The number of aryl methyl sites for hydroxylation is 1. The number of thiazole rings is 2. The highest BCUT2D eigenvalue weighted by atomic mass is 79.9. The van der Waals surface area contributed by atoms with Crippen molar-refractivity contribution in [1.29, 1.82) is 0 Å². The van der Waals surface area contributed by atoms with Crippen molar-refractivity contribution < 1.29 is 9.59 Å². The molecule has 0 aliphatic carbocycles. The molecule has 0 spiro atoms. The van der Waals surface area contributed by atoms with Gasteiger partial charge in [0.15, 0.2) is 10.3 Å². The highest BCUT2D eigenvalue weighted by Crippen LogP contribution is 2.35. The van der Waals surface area contributed by atoms with Gasteiger partial charge >= 0.3 is 0 Å². The first kappa shape index (κ1) is 22.0. The Morgan fingerprint density at radius 2 is 1.71 bits per heavy atom. The Labute approximate surface area is 181 Å². The maximum absolute atomic E-state index is 11.5. The molecule has 10 heteroatoms. The number of rotatable bonds is 6. The van der Waals surface area contributed by atoms with Crippen LogP contribution in [0.5, 0.6) is 0 Å². The zero-order valence-corrected chi connectivity index (χ0v) is 18.9. The van der Waals surface area contributed by atoms with E-state index in [1.54, 1.807) is 6.92 Å². The molecule has 0 bridgehead atoms. The van der Waals surface area contributed by atoms with E-state index in [1.165, 1.54) is 29.6 Å². The van der Waals surface area contributed by atoms with Gasteiger partial charge in [-0.25, -0.2) is 9.97 Å². The van der Waals surface area contributed by atoms with Crippen molar-refractivity contribution in [3.8, 4) is 10.6 Å². The summed E-state index contributed by atoms with van der Waals surface area (Å²) in [5.74, 6) is -0.159. The molecule has 0 saturated heterocycles. The van der Waals surface area contributed by atoms with E-state index >= 15 is 0 Å². The first-order valence-corrected chi connectivity index (χ1v) is 10.0. The van der Waals surface area contributed by atoms with E-state index < -0.39 is 0 Å². The van der Waals surface area contributed by atoms with E-state index in [0.717, 1.165) is 32.8 Å². The highest BCUT2D eigenvalue weighted by molar-refractivity contribution is 8.93. The molecule has 7 nitrogen and oxygen atoms in total. The van der Waals surface area contributed by atoms with E-state index in [0.29, 0.717) is 11.6 Å². The fourth-order valence-corrected chi connectivity index (χ4v) is 4.03. The minimum atomic E-state index is -0.102. The van der Waals surface area contributed by atoms with Gasteiger partial charge in [-0.15, -0.1) is 28.3 Å². The summed E-state index contributed by atoms with van der Waals surface area (Å²) in [6.45, 7) is 5.18. The summed E-state index contributed by atoms with van der Waals surface area (Å²) in [6.07, 6.45) is 0.416. The number of nitrogens with one attached hydrogen (secondary N) is 3. The second kappa shape index (κ2) is 9.76. The second-order valence-corrected chi connectivity index (χ2v) is 7.61. The van der Waals surface area contributed by atoms with Crippen LogP contribution in [0.15, 0.2) is 29.6 Å². The molecule has 1 aromatic carbocycles. The van der Waals surface area contributed by atoms with E-state index in [4.69, 9.17) is 0 Å². The molecule has 2 aromatic heterocycles. The zero-order chi connectivity index (χ0) is 19.4. The van der Waals surface area contributed by atoms with Crippen LogP contribution in [-0.4, -0.2) is 21.8 Å². The Morgan fingerprint density at radius 1 is 1.04 bits per heavy atom. The number of halogens is 1. The smallest absolute Gasteiger partial charge is 0.225 e. The number of aromatic nitrogens is 2. The predicted octanol–water partition coefficient (Wildman–Crippen LogP) is 5.20. The van der Waals surface area contributed by atoms with Gasteiger partial charge in [0.25, 0.3) is 0 Å². The number of nitrogens with zero attached hydrogens (tertiary/aromatic N) is 2. The van der Waals surface area contributed by atoms with Crippen LogP contribution in [0.1, 0.15) is 26.0 Å². The van der Waals surface area contributed by atoms with Gasteiger partial charge in [-0.2, -0.15) is 0 Å². The van der Waals surface area contributed by atoms with Crippen molar-refractivity contribution in [2.45, 2.75) is 27.2 Å². The van der Waals surface area contributed by atoms with Gasteiger partial charge in [0.2, 0.25) is 11.8 Å². The van der Waals surface area contributed by atoms with Crippen LogP contribution in [0.25, 0.3) is 10.6 Å². The fraction of sp³-hybridized carbons (Fsp3) is 0.222. The van der Waals surface area contributed by atoms with E-state index in [2.05, 4.69) is 25.9 Å². The summed E-state index contributed by atoms with van der Waals surface area (Å²) < 4.78 is 0. The van der Waals surface area contributed by atoms with Crippen molar-refractivity contribution in [3.05, 3.63) is 35.3 Å². The Kier molecular flexibility index (Phi) is 7.67. The SMILES string of the molecule is Br.CCC(=O)Nc1nc(C)c(-c2csc(Nc3ccc(NC(C)=O)cc3)n2)s1. The third-order valence-corrected chi connectivity index (χ3v) is 5.41. The average Bonchev–Trinajstić information content (AvgIpc) is 3.22. The maximum Gasteiger partial charge on any atom is 0.225 e. The molecule has 0 aliphatic rings. The molecule has 0 fully saturated rings. The summed E-state index contributed by atoms with van der Waals surface area (Å²) >= 11 is 2.91. The molecule has 3 rings (SSSR count). The summed E-state index contributed by atoms with van der Waals surface area (Å²) in [5, 5.41) is 12.1. The number of hydrogen-bond acceptors (Lipinski definition) is 7. The lowest BCUT2D eigenvalue weighted by molar-refractivity contribution is -0.116. The van der Waals surface area contributed by atoms with Crippen LogP contribution in [0.4, 0.5) is 21.6 Å². The minimum Gasteiger partial charge on any atom is -0.332 e. The van der Waals surface area contributed by atoms with Crippen LogP contribution in [0, 0.1) is 6.92 Å². The molecule has 0 radical (unpaired) electrons. The van der Waals surface area contributed by atoms with Crippen molar-refractivity contribution in [1.82, 2.24) is 9.97 Å². The van der Waals surface area contributed by atoms with E-state index in [-0.39, 0.29) is 28.8 Å². The van der Waals surface area contributed by atoms with E-state index in [1.807, 2.05) is 36.6 Å². The third kappa shape index (κ3) is 5.60. The Morgan fingerprint density at radius 3 is 2.36 bits per heavy atom. The maximum atomic E-state index is 11.5. The number of hydrogen-bond donors (Lipinski definition) is 3. The van der Waals surface area contributed by atoms with Crippen LogP contribution < -0.4 is 16.0 Å². The van der Waals surface area contributed by atoms with Crippen LogP contribution in [0.2, 0.25) is 0 Å². The van der Waals surface area contributed by atoms with Crippen molar-refractivity contribution in [2.24, 2.45) is 0 Å². The first-order valence-electron chi connectivity index (χ1n) is 8.32. The number of carbonyl (C=O) groups excluding carboxylic acids is 2. The summed E-state index contributed by atoms with van der Waals surface area (Å²) in [5.41, 5.74) is 3.28. The number of amides is 2.